The lowest BCUT2D eigenvalue weighted by Gasteiger charge is -2.10. The first-order valence-electron chi connectivity index (χ1n) is 4.82. The van der Waals surface area contributed by atoms with Gasteiger partial charge >= 0.3 is 0 Å². The number of nitrogens with zero attached hydrogens (tertiary/aromatic N) is 1. The van der Waals surface area contributed by atoms with Crippen molar-refractivity contribution in [3.05, 3.63) is 36.0 Å². The van der Waals surface area contributed by atoms with Gasteiger partial charge < -0.3 is 5.73 Å². The molecule has 0 radical (unpaired) electrons. The van der Waals surface area contributed by atoms with Gasteiger partial charge in [-0.05, 0) is 29.7 Å². The van der Waals surface area contributed by atoms with Crippen molar-refractivity contribution in [2.75, 3.05) is 5.73 Å². The predicted octanol–water partition coefficient (Wildman–Crippen LogP) is 2.94. The van der Waals surface area contributed by atoms with Gasteiger partial charge in [0.2, 0.25) is 0 Å². The van der Waals surface area contributed by atoms with Gasteiger partial charge in [-0.15, -0.1) is 0 Å². The molecule has 1 heterocycles. The van der Waals surface area contributed by atoms with E-state index in [1.165, 1.54) is 5.56 Å². The van der Waals surface area contributed by atoms with Crippen LogP contribution in [0.15, 0.2) is 30.5 Å². The van der Waals surface area contributed by atoms with Crippen LogP contribution < -0.4 is 5.73 Å². The van der Waals surface area contributed by atoms with E-state index < -0.39 is 0 Å². The minimum atomic E-state index is 0.446. The average Bonchev–Trinajstić information content (AvgIpc) is 2.16. The van der Waals surface area contributed by atoms with Gasteiger partial charge in [-0.1, -0.05) is 19.9 Å². The van der Waals surface area contributed by atoms with Gasteiger partial charge in [0.05, 0.1) is 5.52 Å². The molecule has 0 spiro atoms. The topological polar surface area (TPSA) is 38.9 Å². The van der Waals surface area contributed by atoms with E-state index in [9.17, 15) is 0 Å². The number of hydrogen-bond acceptors (Lipinski definition) is 2. The largest absolute Gasteiger partial charge is 0.398 e. The van der Waals surface area contributed by atoms with Gasteiger partial charge in [0.1, 0.15) is 0 Å². The van der Waals surface area contributed by atoms with Crippen molar-refractivity contribution in [3.8, 4) is 0 Å². The number of hydrogen-bond donors (Lipinski definition) is 1. The number of anilines is 1. The molecule has 14 heavy (non-hydrogen) atoms. The molecule has 0 saturated heterocycles. The molecule has 72 valence electrons. The Kier molecular flexibility index (Phi) is 2.12. The van der Waals surface area contributed by atoms with Crippen molar-refractivity contribution in [3.63, 3.8) is 0 Å². The highest BCUT2D eigenvalue weighted by molar-refractivity contribution is 5.83. The first kappa shape index (κ1) is 9.00. The number of pyridine rings is 1. The fourth-order valence-corrected chi connectivity index (χ4v) is 1.65. The number of benzene rings is 1. The zero-order chi connectivity index (χ0) is 10.1. The maximum absolute atomic E-state index is 5.96. The molecule has 0 aliphatic heterocycles. The second kappa shape index (κ2) is 3.29. The average molecular weight is 186 g/mol. The van der Waals surface area contributed by atoms with Gasteiger partial charge in [0, 0.05) is 17.3 Å². The maximum Gasteiger partial charge on any atom is 0.0706 e. The fraction of sp³-hybridized carbons (Fsp3) is 0.250. The Morgan fingerprint density at radius 1 is 1.29 bits per heavy atom. The van der Waals surface area contributed by atoms with Crippen molar-refractivity contribution in [2.24, 2.45) is 0 Å². The SMILES string of the molecule is CC(C)c1cc2ncccc2cc1N. The summed E-state index contributed by atoms with van der Waals surface area (Å²) in [4.78, 5) is 4.31. The molecule has 0 amide bonds. The lowest BCUT2D eigenvalue weighted by Crippen LogP contribution is -1.96. The summed E-state index contributed by atoms with van der Waals surface area (Å²) in [7, 11) is 0. The minimum Gasteiger partial charge on any atom is -0.398 e. The van der Waals surface area contributed by atoms with E-state index in [0.29, 0.717) is 5.92 Å². The van der Waals surface area contributed by atoms with Crippen LogP contribution in [0.2, 0.25) is 0 Å². The van der Waals surface area contributed by atoms with Crippen molar-refractivity contribution < 1.29 is 0 Å². The van der Waals surface area contributed by atoms with Crippen LogP contribution in [-0.4, -0.2) is 4.98 Å². The van der Waals surface area contributed by atoms with E-state index in [-0.39, 0.29) is 0 Å². The molecule has 2 heteroatoms. The van der Waals surface area contributed by atoms with Crippen molar-refractivity contribution >= 4 is 16.6 Å². The van der Waals surface area contributed by atoms with Gasteiger partial charge in [-0.3, -0.25) is 4.98 Å². The highest BCUT2D eigenvalue weighted by Gasteiger charge is 2.05. The third kappa shape index (κ3) is 1.43. The quantitative estimate of drug-likeness (QED) is 0.695. The summed E-state index contributed by atoms with van der Waals surface area (Å²) in [5, 5.41) is 1.11. The smallest absolute Gasteiger partial charge is 0.0706 e. The Balaban J connectivity index is 2.71. The van der Waals surface area contributed by atoms with E-state index in [0.717, 1.165) is 16.6 Å². The van der Waals surface area contributed by atoms with Crippen LogP contribution in [0.3, 0.4) is 0 Å². The van der Waals surface area contributed by atoms with Crippen LogP contribution in [0.4, 0.5) is 5.69 Å². The maximum atomic E-state index is 5.96. The summed E-state index contributed by atoms with van der Waals surface area (Å²) >= 11 is 0. The molecule has 0 aliphatic carbocycles. The molecule has 0 bridgehead atoms. The Bertz CT molecular complexity index is 461. The van der Waals surface area contributed by atoms with Crippen LogP contribution in [-0.2, 0) is 0 Å². The molecular weight excluding hydrogens is 172 g/mol. The number of nitrogens with two attached hydrogens (primary N) is 1. The molecule has 2 rings (SSSR count). The zero-order valence-electron chi connectivity index (χ0n) is 8.49. The van der Waals surface area contributed by atoms with Crippen LogP contribution in [0.5, 0.6) is 0 Å². The molecule has 2 N–H and O–H groups in total. The second-order valence-corrected chi connectivity index (χ2v) is 3.83. The van der Waals surface area contributed by atoms with E-state index in [1.54, 1.807) is 0 Å². The predicted molar refractivity (Wildman–Crippen MR) is 60.2 cm³/mol. The first-order valence-corrected chi connectivity index (χ1v) is 4.82. The Hall–Kier alpha value is -1.57. The lowest BCUT2D eigenvalue weighted by molar-refractivity contribution is 0.871. The summed E-state index contributed by atoms with van der Waals surface area (Å²) in [5.74, 6) is 0.446. The third-order valence-corrected chi connectivity index (χ3v) is 2.43. The van der Waals surface area contributed by atoms with Crippen molar-refractivity contribution in [1.29, 1.82) is 0 Å². The summed E-state index contributed by atoms with van der Waals surface area (Å²) in [5.41, 5.74) is 9.02. The van der Waals surface area contributed by atoms with E-state index in [2.05, 4.69) is 24.9 Å². The summed E-state index contributed by atoms with van der Waals surface area (Å²) in [6, 6.07) is 8.03. The summed E-state index contributed by atoms with van der Waals surface area (Å²) < 4.78 is 0. The molecule has 2 aromatic rings. The molecule has 0 fully saturated rings. The third-order valence-electron chi connectivity index (χ3n) is 2.43. The first-order chi connectivity index (χ1) is 6.68. The molecule has 0 unspecified atom stereocenters. The van der Waals surface area contributed by atoms with Crippen LogP contribution in [0, 0.1) is 0 Å². The standard InChI is InChI=1S/C12H14N2/c1-8(2)10-7-12-9(6-11(10)13)4-3-5-14-12/h3-8H,13H2,1-2H3. The minimum absolute atomic E-state index is 0.446. The normalized spacial score (nSPS) is 11.1. The number of rotatable bonds is 1. The summed E-state index contributed by atoms with van der Waals surface area (Å²) in [6.45, 7) is 4.28. The number of nitrogen functional groups attached to an aromatic ring is 1. The Morgan fingerprint density at radius 3 is 2.79 bits per heavy atom. The highest BCUT2D eigenvalue weighted by atomic mass is 14.7. The van der Waals surface area contributed by atoms with Gasteiger partial charge in [-0.2, -0.15) is 0 Å². The Labute approximate surface area is 83.8 Å². The summed E-state index contributed by atoms with van der Waals surface area (Å²) in [6.07, 6.45) is 1.81. The molecule has 1 aromatic heterocycles. The van der Waals surface area contributed by atoms with Gasteiger partial charge in [0.15, 0.2) is 0 Å². The second-order valence-electron chi connectivity index (χ2n) is 3.83. The molecule has 0 atom stereocenters. The molecule has 0 saturated carbocycles. The molecule has 0 aliphatic rings. The molecule has 2 nitrogen and oxygen atoms in total. The van der Waals surface area contributed by atoms with Crippen molar-refractivity contribution in [1.82, 2.24) is 4.98 Å². The van der Waals surface area contributed by atoms with E-state index in [1.807, 2.05) is 24.4 Å². The Morgan fingerprint density at radius 2 is 2.07 bits per heavy atom. The van der Waals surface area contributed by atoms with E-state index >= 15 is 0 Å². The van der Waals surface area contributed by atoms with Crippen LogP contribution in [0.1, 0.15) is 25.3 Å². The van der Waals surface area contributed by atoms with Gasteiger partial charge in [-0.25, -0.2) is 0 Å². The zero-order valence-corrected chi connectivity index (χ0v) is 8.49. The monoisotopic (exact) mass is 186 g/mol. The van der Waals surface area contributed by atoms with Crippen LogP contribution in [0.25, 0.3) is 10.9 Å². The number of fused-ring (bicyclic) bond motifs is 1. The van der Waals surface area contributed by atoms with Crippen molar-refractivity contribution in [2.45, 2.75) is 19.8 Å². The molecule has 1 aromatic carbocycles. The van der Waals surface area contributed by atoms with E-state index in [4.69, 9.17) is 5.73 Å². The van der Waals surface area contributed by atoms with Gasteiger partial charge in [0.25, 0.3) is 0 Å². The number of aromatic nitrogens is 1. The fourth-order valence-electron chi connectivity index (χ4n) is 1.65. The lowest BCUT2D eigenvalue weighted by atomic mass is 9.99. The van der Waals surface area contributed by atoms with Crippen LogP contribution >= 0.6 is 0 Å². The highest BCUT2D eigenvalue weighted by Crippen LogP contribution is 2.26. The molecular formula is C12H14N2.